The van der Waals surface area contributed by atoms with Crippen LogP contribution in [-0.2, 0) is 10.8 Å². The standard InChI is InChI=1S/C14H8BrCl2N3O2S/c1-23(22)14-18-5-7-11(19-14)8(15)6-20(13(7)21)12-9(16)3-2-4-10(12)17/h2-6H,1H3. The van der Waals surface area contributed by atoms with Gasteiger partial charge in [-0.3, -0.25) is 13.6 Å². The molecule has 0 aliphatic carbocycles. The van der Waals surface area contributed by atoms with E-state index in [2.05, 4.69) is 25.9 Å². The van der Waals surface area contributed by atoms with Crippen LogP contribution >= 0.6 is 39.1 Å². The second-order valence-corrected chi connectivity index (χ2v) is 7.53. The number of fused-ring (bicyclic) bond motifs is 1. The predicted molar refractivity (Wildman–Crippen MR) is 95.2 cm³/mol. The van der Waals surface area contributed by atoms with Crippen molar-refractivity contribution >= 4 is 60.8 Å². The van der Waals surface area contributed by atoms with Crippen molar-refractivity contribution in [3.8, 4) is 5.69 Å². The summed E-state index contributed by atoms with van der Waals surface area (Å²) in [7, 11) is -1.34. The summed E-state index contributed by atoms with van der Waals surface area (Å²) in [4.78, 5) is 20.9. The minimum absolute atomic E-state index is 0.158. The maximum absolute atomic E-state index is 12.7. The van der Waals surface area contributed by atoms with E-state index in [1.54, 1.807) is 18.2 Å². The number of hydrogen-bond acceptors (Lipinski definition) is 4. The highest BCUT2D eigenvalue weighted by Gasteiger charge is 2.16. The van der Waals surface area contributed by atoms with Crippen LogP contribution in [0.2, 0.25) is 10.0 Å². The lowest BCUT2D eigenvalue weighted by Gasteiger charge is -2.12. The Balaban J connectivity index is 2.38. The molecule has 2 aromatic heterocycles. The number of halogens is 3. The number of nitrogens with zero attached hydrogens (tertiary/aromatic N) is 3. The van der Waals surface area contributed by atoms with Crippen molar-refractivity contribution in [2.45, 2.75) is 5.16 Å². The highest BCUT2D eigenvalue weighted by Crippen LogP contribution is 2.29. The lowest BCUT2D eigenvalue weighted by molar-refractivity contribution is 0.680. The number of pyridine rings is 1. The predicted octanol–water partition coefficient (Wildman–Crippen LogP) is 3.59. The summed E-state index contributed by atoms with van der Waals surface area (Å²) in [6.45, 7) is 0. The summed E-state index contributed by atoms with van der Waals surface area (Å²) in [5.41, 5.74) is 0.396. The molecule has 0 saturated carbocycles. The van der Waals surface area contributed by atoms with E-state index in [1.807, 2.05) is 0 Å². The summed E-state index contributed by atoms with van der Waals surface area (Å²) >= 11 is 15.7. The number of hydrogen-bond donors (Lipinski definition) is 0. The quantitative estimate of drug-likeness (QED) is 0.580. The first kappa shape index (κ1) is 16.6. The van der Waals surface area contributed by atoms with Crippen molar-refractivity contribution in [2.75, 3.05) is 6.26 Å². The van der Waals surface area contributed by atoms with E-state index in [4.69, 9.17) is 23.2 Å². The van der Waals surface area contributed by atoms with Gasteiger partial charge in [0.05, 0.1) is 41.9 Å². The van der Waals surface area contributed by atoms with Crippen LogP contribution in [0.15, 0.2) is 45.0 Å². The van der Waals surface area contributed by atoms with Gasteiger partial charge >= 0.3 is 0 Å². The topological polar surface area (TPSA) is 64.8 Å². The van der Waals surface area contributed by atoms with Gasteiger partial charge in [-0.2, -0.15) is 0 Å². The minimum Gasteiger partial charge on any atom is -0.279 e. The molecular weight excluding hydrogens is 425 g/mol. The molecule has 9 heteroatoms. The maximum Gasteiger partial charge on any atom is 0.266 e. The lowest BCUT2D eigenvalue weighted by atomic mass is 10.2. The Hall–Kier alpha value is -1.28. The zero-order valence-corrected chi connectivity index (χ0v) is 15.5. The van der Waals surface area contributed by atoms with Crippen molar-refractivity contribution in [1.29, 1.82) is 0 Å². The van der Waals surface area contributed by atoms with Gasteiger partial charge in [-0.15, -0.1) is 0 Å². The van der Waals surface area contributed by atoms with Crippen LogP contribution in [0.4, 0.5) is 0 Å². The smallest absolute Gasteiger partial charge is 0.266 e. The Morgan fingerprint density at radius 3 is 2.52 bits per heavy atom. The Kier molecular flexibility index (Phi) is 4.55. The first-order valence-electron chi connectivity index (χ1n) is 6.26. The van der Waals surface area contributed by atoms with E-state index in [0.29, 0.717) is 25.7 Å². The molecule has 0 aliphatic heterocycles. The van der Waals surface area contributed by atoms with Crippen molar-refractivity contribution < 1.29 is 4.21 Å². The van der Waals surface area contributed by atoms with E-state index in [9.17, 15) is 9.00 Å². The van der Waals surface area contributed by atoms with Crippen LogP contribution in [0.25, 0.3) is 16.6 Å². The van der Waals surface area contributed by atoms with Crippen LogP contribution in [0.5, 0.6) is 0 Å². The largest absolute Gasteiger partial charge is 0.279 e. The molecule has 0 bridgehead atoms. The first-order valence-corrected chi connectivity index (χ1v) is 9.36. The number of para-hydroxylation sites is 1. The fourth-order valence-electron chi connectivity index (χ4n) is 2.09. The first-order chi connectivity index (χ1) is 10.9. The van der Waals surface area contributed by atoms with Gasteiger partial charge in [0.25, 0.3) is 5.56 Å². The molecule has 3 aromatic rings. The zero-order chi connectivity index (χ0) is 16.7. The normalized spacial score (nSPS) is 12.5. The molecule has 0 N–H and O–H groups in total. The molecule has 1 unspecified atom stereocenters. The van der Waals surface area contributed by atoms with Crippen LogP contribution in [-0.4, -0.2) is 25.0 Å². The van der Waals surface area contributed by atoms with Gasteiger partial charge in [0.1, 0.15) is 0 Å². The van der Waals surface area contributed by atoms with Crippen LogP contribution in [0.3, 0.4) is 0 Å². The monoisotopic (exact) mass is 431 g/mol. The van der Waals surface area contributed by atoms with E-state index in [0.717, 1.165) is 0 Å². The molecule has 0 aliphatic rings. The third kappa shape index (κ3) is 2.94. The van der Waals surface area contributed by atoms with Crippen molar-refractivity contribution in [1.82, 2.24) is 14.5 Å². The van der Waals surface area contributed by atoms with Crippen molar-refractivity contribution in [3.63, 3.8) is 0 Å². The Morgan fingerprint density at radius 2 is 1.91 bits per heavy atom. The van der Waals surface area contributed by atoms with Gasteiger partial charge in [0.15, 0.2) is 0 Å². The SMILES string of the molecule is CS(=O)c1ncc2c(=O)n(-c3c(Cl)cccc3Cl)cc(Br)c2n1. The number of benzene rings is 1. The van der Waals surface area contributed by atoms with E-state index >= 15 is 0 Å². The molecular formula is C14H8BrCl2N3O2S. The fourth-order valence-corrected chi connectivity index (χ4v) is 3.60. The molecule has 0 fully saturated rings. The highest BCUT2D eigenvalue weighted by atomic mass is 79.9. The van der Waals surface area contributed by atoms with Crippen LogP contribution in [0.1, 0.15) is 0 Å². The second-order valence-electron chi connectivity index (χ2n) is 4.59. The van der Waals surface area contributed by atoms with Gasteiger partial charge in [-0.25, -0.2) is 9.97 Å². The molecule has 1 atom stereocenters. The highest BCUT2D eigenvalue weighted by molar-refractivity contribution is 9.10. The summed E-state index contributed by atoms with van der Waals surface area (Å²) in [5.74, 6) is 0. The molecule has 23 heavy (non-hydrogen) atoms. The Bertz CT molecular complexity index is 1000. The molecule has 0 amide bonds. The van der Waals surface area contributed by atoms with Crippen molar-refractivity contribution in [2.24, 2.45) is 0 Å². The minimum atomic E-state index is -1.34. The Labute approximate surface area is 151 Å². The third-order valence-electron chi connectivity index (χ3n) is 3.12. The number of aromatic nitrogens is 3. The van der Waals surface area contributed by atoms with Crippen LogP contribution < -0.4 is 5.56 Å². The average molecular weight is 433 g/mol. The van der Waals surface area contributed by atoms with E-state index < -0.39 is 10.8 Å². The fraction of sp³-hybridized carbons (Fsp3) is 0.0714. The van der Waals surface area contributed by atoms with E-state index in [1.165, 1.54) is 23.2 Å². The summed E-state index contributed by atoms with van der Waals surface area (Å²) in [6, 6.07) is 4.99. The van der Waals surface area contributed by atoms with Gasteiger partial charge in [-0.1, -0.05) is 29.3 Å². The van der Waals surface area contributed by atoms with Gasteiger partial charge in [-0.05, 0) is 28.1 Å². The molecule has 3 rings (SSSR count). The molecule has 1 aromatic carbocycles. The summed E-state index contributed by atoms with van der Waals surface area (Å²) in [5, 5.41) is 1.12. The van der Waals surface area contributed by atoms with E-state index in [-0.39, 0.29) is 16.1 Å². The zero-order valence-electron chi connectivity index (χ0n) is 11.6. The molecule has 0 radical (unpaired) electrons. The summed E-state index contributed by atoms with van der Waals surface area (Å²) < 4.78 is 13.4. The summed E-state index contributed by atoms with van der Waals surface area (Å²) in [6.07, 6.45) is 4.36. The molecule has 0 spiro atoms. The molecule has 0 saturated heterocycles. The average Bonchev–Trinajstić information content (AvgIpc) is 2.51. The lowest BCUT2D eigenvalue weighted by Crippen LogP contribution is -2.20. The Morgan fingerprint density at radius 1 is 1.26 bits per heavy atom. The van der Waals surface area contributed by atoms with Crippen molar-refractivity contribution in [3.05, 3.63) is 55.5 Å². The maximum atomic E-state index is 12.7. The molecule has 5 nitrogen and oxygen atoms in total. The van der Waals surface area contributed by atoms with Crippen LogP contribution in [0, 0.1) is 0 Å². The van der Waals surface area contributed by atoms with Gasteiger partial charge in [0, 0.05) is 18.6 Å². The number of rotatable bonds is 2. The second kappa shape index (κ2) is 6.32. The van der Waals surface area contributed by atoms with Gasteiger partial charge < -0.3 is 0 Å². The van der Waals surface area contributed by atoms with Gasteiger partial charge in [0.2, 0.25) is 5.16 Å². The molecule has 118 valence electrons. The third-order valence-corrected chi connectivity index (χ3v) is 5.02. The molecule has 2 heterocycles.